The van der Waals surface area contributed by atoms with E-state index in [1.54, 1.807) is 7.11 Å². The first-order valence-electron chi connectivity index (χ1n) is 7.60. The summed E-state index contributed by atoms with van der Waals surface area (Å²) >= 11 is 6.12. The van der Waals surface area contributed by atoms with Crippen LogP contribution >= 0.6 is 11.6 Å². The van der Waals surface area contributed by atoms with E-state index in [0.29, 0.717) is 23.3 Å². The molecule has 2 heterocycles. The zero-order chi connectivity index (χ0) is 14.8. The molecule has 1 aliphatic carbocycles. The molecule has 0 aliphatic heterocycles. The van der Waals surface area contributed by atoms with Crippen LogP contribution in [0, 0.1) is 5.92 Å². The Morgan fingerprint density at radius 1 is 1.38 bits per heavy atom. The lowest BCUT2D eigenvalue weighted by molar-refractivity contribution is 0.261. The lowest BCUT2D eigenvalue weighted by atomic mass is 9.84. The molecule has 114 valence electrons. The van der Waals surface area contributed by atoms with Crippen LogP contribution in [0.1, 0.15) is 50.9 Å². The molecule has 21 heavy (non-hydrogen) atoms. The summed E-state index contributed by atoms with van der Waals surface area (Å²) < 4.78 is 7.52. The van der Waals surface area contributed by atoms with Gasteiger partial charge in [-0.15, -0.1) is 11.6 Å². The SMILES string of the molecule is CCC1CCCC(n2c(CCl)nc3c(OC)ncnc32)C1. The minimum Gasteiger partial charge on any atom is -0.479 e. The maximum absolute atomic E-state index is 6.12. The molecular weight excluding hydrogens is 288 g/mol. The number of methoxy groups -OCH3 is 1. The van der Waals surface area contributed by atoms with Crippen LogP contribution in [0.4, 0.5) is 0 Å². The first kappa shape index (κ1) is 14.6. The molecule has 0 amide bonds. The standard InChI is InChI=1S/C15H21ClN4O/c1-3-10-5-4-6-11(7-10)20-12(8-16)19-13-14(20)17-9-18-15(13)21-2/h9-11H,3-8H2,1-2H3. The van der Waals surface area contributed by atoms with Gasteiger partial charge in [-0.1, -0.05) is 26.2 Å². The van der Waals surface area contributed by atoms with Crippen molar-refractivity contribution in [2.24, 2.45) is 5.92 Å². The van der Waals surface area contributed by atoms with Crippen molar-refractivity contribution in [3.63, 3.8) is 0 Å². The Balaban J connectivity index is 2.08. The van der Waals surface area contributed by atoms with E-state index in [0.717, 1.165) is 23.8 Å². The van der Waals surface area contributed by atoms with Crippen LogP contribution in [0.2, 0.25) is 0 Å². The van der Waals surface area contributed by atoms with Gasteiger partial charge in [-0.25, -0.2) is 9.97 Å². The number of nitrogens with zero attached hydrogens (tertiary/aromatic N) is 4. The molecule has 0 saturated heterocycles. The van der Waals surface area contributed by atoms with E-state index >= 15 is 0 Å². The van der Waals surface area contributed by atoms with Crippen molar-refractivity contribution in [1.29, 1.82) is 0 Å². The van der Waals surface area contributed by atoms with Gasteiger partial charge in [-0.3, -0.25) is 0 Å². The fourth-order valence-corrected chi connectivity index (χ4v) is 3.62. The molecule has 1 aliphatic rings. The van der Waals surface area contributed by atoms with Gasteiger partial charge in [-0.2, -0.15) is 4.98 Å². The molecule has 1 fully saturated rings. The van der Waals surface area contributed by atoms with Crippen molar-refractivity contribution < 1.29 is 4.74 Å². The Morgan fingerprint density at radius 2 is 2.24 bits per heavy atom. The Morgan fingerprint density at radius 3 is 2.95 bits per heavy atom. The highest BCUT2D eigenvalue weighted by Crippen LogP contribution is 2.37. The monoisotopic (exact) mass is 308 g/mol. The van der Waals surface area contributed by atoms with E-state index in [4.69, 9.17) is 16.3 Å². The number of imidazole rings is 1. The Kier molecular flexibility index (Phi) is 4.29. The largest absolute Gasteiger partial charge is 0.479 e. The minimum atomic E-state index is 0.382. The fourth-order valence-electron chi connectivity index (χ4n) is 3.43. The summed E-state index contributed by atoms with van der Waals surface area (Å²) in [4.78, 5) is 13.2. The summed E-state index contributed by atoms with van der Waals surface area (Å²) in [6, 6.07) is 0.432. The summed E-state index contributed by atoms with van der Waals surface area (Å²) in [7, 11) is 1.61. The predicted octanol–water partition coefficient (Wildman–Crippen LogP) is 3.72. The third kappa shape index (κ3) is 2.59. The smallest absolute Gasteiger partial charge is 0.245 e. The molecule has 0 radical (unpaired) electrons. The highest BCUT2D eigenvalue weighted by atomic mass is 35.5. The highest BCUT2D eigenvalue weighted by molar-refractivity contribution is 6.16. The molecular formula is C15H21ClN4O. The van der Waals surface area contributed by atoms with Crippen molar-refractivity contribution in [2.45, 2.75) is 50.9 Å². The number of aromatic nitrogens is 4. The van der Waals surface area contributed by atoms with Gasteiger partial charge in [0, 0.05) is 6.04 Å². The van der Waals surface area contributed by atoms with Crippen LogP contribution < -0.4 is 4.74 Å². The molecule has 1 saturated carbocycles. The first-order valence-corrected chi connectivity index (χ1v) is 8.13. The van der Waals surface area contributed by atoms with Gasteiger partial charge in [0.15, 0.2) is 11.2 Å². The number of rotatable bonds is 4. The molecule has 2 unspecified atom stereocenters. The van der Waals surface area contributed by atoms with Crippen LogP contribution in [0.25, 0.3) is 11.2 Å². The van der Waals surface area contributed by atoms with E-state index in [-0.39, 0.29) is 0 Å². The normalized spacial score (nSPS) is 22.6. The number of hydrogen-bond donors (Lipinski definition) is 0. The summed E-state index contributed by atoms with van der Waals surface area (Å²) in [5.41, 5.74) is 1.56. The predicted molar refractivity (Wildman–Crippen MR) is 82.7 cm³/mol. The van der Waals surface area contributed by atoms with Crippen molar-refractivity contribution in [3.8, 4) is 5.88 Å². The summed E-state index contributed by atoms with van der Waals surface area (Å²) in [6.45, 7) is 2.27. The summed E-state index contributed by atoms with van der Waals surface area (Å²) in [5.74, 6) is 2.56. The van der Waals surface area contributed by atoms with Gasteiger partial charge in [0.05, 0.1) is 13.0 Å². The fraction of sp³-hybridized carbons (Fsp3) is 0.667. The van der Waals surface area contributed by atoms with Gasteiger partial charge in [0.2, 0.25) is 5.88 Å². The molecule has 0 aromatic carbocycles. The Hall–Kier alpha value is -1.36. The molecule has 0 N–H and O–H groups in total. The minimum absolute atomic E-state index is 0.382. The van der Waals surface area contributed by atoms with E-state index in [1.807, 2.05) is 0 Å². The second-order valence-corrected chi connectivity index (χ2v) is 5.95. The van der Waals surface area contributed by atoms with Crippen molar-refractivity contribution in [3.05, 3.63) is 12.2 Å². The lowest BCUT2D eigenvalue weighted by Gasteiger charge is -2.30. The van der Waals surface area contributed by atoms with Gasteiger partial charge in [0.25, 0.3) is 0 Å². The van der Waals surface area contributed by atoms with Crippen molar-refractivity contribution in [1.82, 2.24) is 19.5 Å². The van der Waals surface area contributed by atoms with Gasteiger partial charge < -0.3 is 9.30 Å². The second kappa shape index (κ2) is 6.18. The Bertz CT molecular complexity index is 627. The highest BCUT2D eigenvalue weighted by Gasteiger charge is 2.27. The average molecular weight is 309 g/mol. The number of halogens is 1. The molecule has 6 heteroatoms. The molecule has 2 aromatic heterocycles. The topological polar surface area (TPSA) is 52.8 Å². The number of hydrogen-bond acceptors (Lipinski definition) is 4. The number of alkyl halides is 1. The van der Waals surface area contributed by atoms with Crippen LogP contribution in [-0.4, -0.2) is 26.6 Å². The van der Waals surface area contributed by atoms with Gasteiger partial charge in [0.1, 0.15) is 12.2 Å². The van der Waals surface area contributed by atoms with Crippen molar-refractivity contribution >= 4 is 22.8 Å². The van der Waals surface area contributed by atoms with Crippen LogP contribution in [0.15, 0.2) is 6.33 Å². The molecule has 2 atom stereocenters. The maximum atomic E-state index is 6.12. The summed E-state index contributed by atoms with van der Waals surface area (Å²) in [6.07, 6.45) is 7.70. The zero-order valence-electron chi connectivity index (χ0n) is 12.5. The first-order chi connectivity index (χ1) is 10.3. The molecule has 5 nitrogen and oxygen atoms in total. The molecule has 0 bridgehead atoms. The molecule has 2 aromatic rings. The third-order valence-corrected chi connectivity index (χ3v) is 4.77. The number of ether oxygens (including phenoxy) is 1. The van der Waals surface area contributed by atoms with Gasteiger partial charge in [-0.05, 0) is 18.8 Å². The maximum Gasteiger partial charge on any atom is 0.245 e. The van der Waals surface area contributed by atoms with Crippen LogP contribution in [-0.2, 0) is 5.88 Å². The quantitative estimate of drug-likeness (QED) is 0.808. The van der Waals surface area contributed by atoms with Crippen molar-refractivity contribution in [2.75, 3.05) is 7.11 Å². The molecule has 0 spiro atoms. The lowest BCUT2D eigenvalue weighted by Crippen LogP contribution is -2.20. The summed E-state index contributed by atoms with van der Waals surface area (Å²) in [5, 5.41) is 0. The van der Waals surface area contributed by atoms with Gasteiger partial charge >= 0.3 is 0 Å². The third-order valence-electron chi connectivity index (χ3n) is 4.53. The zero-order valence-corrected chi connectivity index (χ0v) is 13.3. The van der Waals surface area contributed by atoms with E-state index in [1.165, 1.54) is 32.0 Å². The number of fused-ring (bicyclic) bond motifs is 1. The van der Waals surface area contributed by atoms with Crippen LogP contribution in [0.5, 0.6) is 5.88 Å². The molecule has 3 rings (SSSR count). The van der Waals surface area contributed by atoms with E-state index < -0.39 is 0 Å². The van der Waals surface area contributed by atoms with E-state index in [2.05, 4.69) is 26.4 Å². The van der Waals surface area contributed by atoms with E-state index in [9.17, 15) is 0 Å². The average Bonchev–Trinajstić information content (AvgIpc) is 2.93. The second-order valence-electron chi connectivity index (χ2n) is 5.68. The van der Waals surface area contributed by atoms with Crippen LogP contribution in [0.3, 0.4) is 0 Å². The Labute approximate surface area is 129 Å².